The Morgan fingerprint density at radius 2 is 1.77 bits per heavy atom. The van der Waals surface area contributed by atoms with Gasteiger partial charge in [-0.25, -0.2) is 4.99 Å². The monoisotopic (exact) mass is 526 g/mol. The maximum Gasteiger partial charge on any atom is 0.241 e. The maximum atomic E-state index is 11.8. The van der Waals surface area contributed by atoms with Gasteiger partial charge < -0.3 is 25.0 Å². The lowest BCUT2D eigenvalue weighted by Gasteiger charge is -2.14. The zero-order chi connectivity index (χ0) is 21.1. The lowest BCUT2D eigenvalue weighted by molar-refractivity contribution is -0.127. The highest BCUT2D eigenvalue weighted by atomic mass is 127. The number of rotatable bonds is 9. The minimum Gasteiger partial charge on any atom is -0.493 e. The van der Waals surface area contributed by atoms with Crippen LogP contribution in [0.1, 0.15) is 18.1 Å². The average Bonchev–Trinajstić information content (AvgIpc) is 2.74. The van der Waals surface area contributed by atoms with Crippen molar-refractivity contribution in [3.63, 3.8) is 0 Å². The van der Waals surface area contributed by atoms with Crippen molar-refractivity contribution < 1.29 is 14.3 Å². The zero-order valence-electron chi connectivity index (χ0n) is 18.0. The van der Waals surface area contributed by atoms with Crippen molar-refractivity contribution in [3.05, 3.63) is 59.7 Å². The van der Waals surface area contributed by atoms with Crippen LogP contribution in [0, 0.1) is 0 Å². The molecule has 0 aliphatic carbocycles. The molecule has 0 bridgehead atoms. The van der Waals surface area contributed by atoms with Crippen LogP contribution in [-0.4, -0.2) is 51.1 Å². The van der Waals surface area contributed by atoms with Gasteiger partial charge in [-0.1, -0.05) is 36.4 Å². The molecule has 0 spiro atoms. The van der Waals surface area contributed by atoms with Gasteiger partial charge in [0.15, 0.2) is 17.5 Å². The van der Waals surface area contributed by atoms with Crippen molar-refractivity contribution in [2.24, 2.45) is 4.99 Å². The number of amides is 1. The van der Waals surface area contributed by atoms with Crippen LogP contribution in [0.2, 0.25) is 0 Å². The Bertz CT molecular complexity index is 813. The van der Waals surface area contributed by atoms with Crippen LogP contribution in [-0.2, 0) is 17.9 Å². The number of benzene rings is 2. The van der Waals surface area contributed by atoms with Crippen molar-refractivity contribution in [3.8, 4) is 11.5 Å². The van der Waals surface area contributed by atoms with Gasteiger partial charge in [0.25, 0.3) is 0 Å². The summed E-state index contributed by atoms with van der Waals surface area (Å²) in [6.07, 6.45) is 0. The first-order valence-electron chi connectivity index (χ1n) is 9.59. The summed E-state index contributed by atoms with van der Waals surface area (Å²) in [6.45, 7) is 3.79. The van der Waals surface area contributed by atoms with Crippen LogP contribution in [0.25, 0.3) is 0 Å². The number of carbonyl (C=O) groups is 1. The van der Waals surface area contributed by atoms with Crippen molar-refractivity contribution in [2.45, 2.75) is 20.1 Å². The molecule has 0 aromatic heterocycles. The lowest BCUT2D eigenvalue weighted by atomic mass is 10.2. The highest BCUT2D eigenvalue weighted by Crippen LogP contribution is 2.29. The smallest absolute Gasteiger partial charge is 0.241 e. The fraction of sp³-hybridized carbons (Fsp3) is 0.364. The number of hydrogen-bond acceptors (Lipinski definition) is 4. The van der Waals surface area contributed by atoms with E-state index in [2.05, 4.69) is 15.6 Å². The molecule has 2 rings (SSSR count). The van der Waals surface area contributed by atoms with E-state index < -0.39 is 0 Å². The molecule has 0 saturated carbocycles. The second kappa shape index (κ2) is 13.7. The van der Waals surface area contributed by atoms with E-state index in [9.17, 15) is 4.79 Å². The zero-order valence-corrected chi connectivity index (χ0v) is 20.3. The van der Waals surface area contributed by atoms with Gasteiger partial charge in [0, 0.05) is 20.6 Å². The standard InChI is InChI=1S/C22H30N4O3.HI/c1-5-23-22(25-15-21(27)26(2)3)24-14-18-11-12-19(20(13-18)28-4)29-16-17-9-7-6-8-10-17;/h6-13H,5,14-16H2,1-4H3,(H2,23,24,25);1H. The summed E-state index contributed by atoms with van der Waals surface area (Å²) in [5.74, 6) is 1.92. The van der Waals surface area contributed by atoms with Crippen LogP contribution in [0.15, 0.2) is 53.5 Å². The van der Waals surface area contributed by atoms with Crippen LogP contribution >= 0.6 is 24.0 Å². The summed E-state index contributed by atoms with van der Waals surface area (Å²) < 4.78 is 11.4. The fourth-order valence-electron chi connectivity index (χ4n) is 2.49. The second-order valence-electron chi connectivity index (χ2n) is 6.60. The number of halogens is 1. The number of carbonyl (C=O) groups excluding carboxylic acids is 1. The molecule has 1 amide bonds. The molecule has 8 heteroatoms. The molecule has 0 heterocycles. The van der Waals surface area contributed by atoms with Crippen LogP contribution in [0.5, 0.6) is 11.5 Å². The number of aliphatic imine (C=N–C) groups is 1. The minimum atomic E-state index is -0.0165. The van der Waals surface area contributed by atoms with Gasteiger partial charge >= 0.3 is 0 Å². The molecule has 0 aliphatic rings. The van der Waals surface area contributed by atoms with Crippen molar-refractivity contribution >= 4 is 35.8 Å². The Morgan fingerprint density at radius 3 is 2.40 bits per heavy atom. The molecule has 30 heavy (non-hydrogen) atoms. The molecule has 2 aromatic carbocycles. The molecule has 7 nitrogen and oxygen atoms in total. The van der Waals surface area contributed by atoms with E-state index in [-0.39, 0.29) is 36.4 Å². The highest BCUT2D eigenvalue weighted by molar-refractivity contribution is 14.0. The van der Waals surface area contributed by atoms with Gasteiger partial charge in [-0.15, -0.1) is 24.0 Å². The van der Waals surface area contributed by atoms with Gasteiger partial charge in [0.2, 0.25) is 5.91 Å². The Hall–Kier alpha value is -2.49. The third-order valence-corrected chi connectivity index (χ3v) is 4.14. The van der Waals surface area contributed by atoms with E-state index in [0.29, 0.717) is 37.2 Å². The Labute approximate surface area is 195 Å². The second-order valence-corrected chi connectivity index (χ2v) is 6.60. The molecule has 0 fully saturated rings. The molecule has 2 aromatic rings. The molecular formula is C22H31IN4O3. The van der Waals surface area contributed by atoms with E-state index >= 15 is 0 Å². The lowest BCUT2D eigenvalue weighted by Crippen LogP contribution is -2.42. The molecule has 0 unspecified atom stereocenters. The molecule has 0 atom stereocenters. The molecule has 0 radical (unpaired) electrons. The predicted molar refractivity (Wildman–Crippen MR) is 131 cm³/mol. The number of hydrogen-bond donors (Lipinski definition) is 2. The molecular weight excluding hydrogens is 495 g/mol. The number of methoxy groups -OCH3 is 1. The van der Waals surface area contributed by atoms with E-state index in [1.54, 1.807) is 21.2 Å². The van der Waals surface area contributed by atoms with Crippen molar-refractivity contribution in [2.75, 3.05) is 34.3 Å². The number of ether oxygens (including phenoxy) is 2. The molecule has 2 N–H and O–H groups in total. The summed E-state index contributed by atoms with van der Waals surface area (Å²) >= 11 is 0. The molecule has 0 saturated heterocycles. The quantitative estimate of drug-likeness (QED) is 0.299. The summed E-state index contributed by atoms with van der Waals surface area (Å²) in [4.78, 5) is 17.8. The topological polar surface area (TPSA) is 75.2 Å². The third-order valence-electron chi connectivity index (χ3n) is 4.14. The van der Waals surface area contributed by atoms with Gasteiger partial charge in [-0.05, 0) is 30.2 Å². The van der Waals surface area contributed by atoms with Gasteiger partial charge in [0.1, 0.15) is 6.61 Å². The number of nitrogens with one attached hydrogen (secondary N) is 2. The third kappa shape index (κ3) is 8.48. The van der Waals surface area contributed by atoms with E-state index in [1.165, 1.54) is 4.90 Å². The average molecular weight is 526 g/mol. The van der Waals surface area contributed by atoms with Gasteiger partial charge in [0.05, 0.1) is 20.2 Å². The maximum absolute atomic E-state index is 11.8. The summed E-state index contributed by atoms with van der Waals surface area (Å²) in [6, 6.07) is 15.8. The number of nitrogens with zero attached hydrogens (tertiary/aromatic N) is 2. The summed E-state index contributed by atoms with van der Waals surface area (Å²) in [5.41, 5.74) is 2.07. The van der Waals surface area contributed by atoms with Crippen LogP contribution in [0.3, 0.4) is 0 Å². The van der Waals surface area contributed by atoms with Crippen LogP contribution < -0.4 is 20.1 Å². The number of guanidine groups is 1. The van der Waals surface area contributed by atoms with Crippen molar-refractivity contribution in [1.82, 2.24) is 15.5 Å². The Morgan fingerprint density at radius 1 is 1.03 bits per heavy atom. The first-order valence-corrected chi connectivity index (χ1v) is 9.59. The number of likely N-dealkylation sites (N-methyl/N-ethyl adjacent to an activating group) is 1. The molecule has 0 aliphatic heterocycles. The van der Waals surface area contributed by atoms with E-state index in [4.69, 9.17) is 9.47 Å². The van der Waals surface area contributed by atoms with Gasteiger partial charge in [-0.2, -0.15) is 0 Å². The van der Waals surface area contributed by atoms with Crippen LogP contribution in [0.4, 0.5) is 0 Å². The largest absolute Gasteiger partial charge is 0.493 e. The Kier molecular flexibility index (Phi) is 11.7. The van der Waals surface area contributed by atoms with Crippen molar-refractivity contribution in [1.29, 1.82) is 0 Å². The van der Waals surface area contributed by atoms with Gasteiger partial charge in [-0.3, -0.25) is 4.79 Å². The Balaban J connectivity index is 0.00000450. The van der Waals surface area contributed by atoms with E-state index in [0.717, 1.165) is 11.1 Å². The minimum absolute atomic E-state index is 0. The highest BCUT2D eigenvalue weighted by Gasteiger charge is 2.08. The summed E-state index contributed by atoms with van der Waals surface area (Å²) in [7, 11) is 5.07. The predicted octanol–water partition coefficient (Wildman–Crippen LogP) is 3.04. The molecule has 164 valence electrons. The first-order chi connectivity index (χ1) is 14.0. The normalized spacial score (nSPS) is 10.6. The van der Waals surface area contributed by atoms with E-state index in [1.807, 2.05) is 55.5 Å². The summed E-state index contributed by atoms with van der Waals surface area (Å²) in [5, 5.41) is 6.18. The first kappa shape index (κ1) is 25.5. The SMILES string of the molecule is CCNC(=NCc1ccc(OCc2ccccc2)c(OC)c1)NCC(=O)N(C)C.I. The fourth-order valence-corrected chi connectivity index (χ4v) is 2.49.